The van der Waals surface area contributed by atoms with Gasteiger partial charge in [-0.25, -0.2) is 9.18 Å². The molecule has 45 heavy (non-hydrogen) atoms. The zero-order valence-corrected chi connectivity index (χ0v) is 27.5. The topological polar surface area (TPSA) is 95.5 Å². The normalized spacial score (nSPS) is 23.7. The van der Waals surface area contributed by atoms with Gasteiger partial charge in [0.05, 0.1) is 24.0 Å². The highest BCUT2D eigenvalue weighted by atomic mass is 19.1. The number of anilines is 1. The number of ether oxygens (including phenoxy) is 2. The summed E-state index contributed by atoms with van der Waals surface area (Å²) in [4.78, 5) is 52.3. The van der Waals surface area contributed by atoms with E-state index >= 15 is 0 Å². The number of nitrogens with zero attached hydrogens (tertiary/aromatic N) is 5. The van der Waals surface area contributed by atoms with Crippen molar-refractivity contribution in [3.63, 3.8) is 0 Å². The Bertz CT molecular complexity index is 1430. The molecule has 0 aliphatic carbocycles. The zero-order chi connectivity index (χ0) is 32.7. The first-order valence-electron chi connectivity index (χ1n) is 15.8. The number of carbonyl (C=O) groups excluding carboxylic acids is 3. The Morgan fingerprint density at radius 2 is 1.80 bits per heavy atom. The minimum Gasteiger partial charge on any atom is -0.444 e. The van der Waals surface area contributed by atoms with Gasteiger partial charge >= 0.3 is 6.09 Å². The summed E-state index contributed by atoms with van der Waals surface area (Å²) in [6, 6.07) is 7.95. The second-order valence-corrected chi connectivity index (χ2v) is 14.4. The highest BCUT2D eigenvalue weighted by Crippen LogP contribution is 2.40. The van der Waals surface area contributed by atoms with Crippen molar-refractivity contribution in [2.24, 2.45) is 0 Å². The van der Waals surface area contributed by atoms with Gasteiger partial charge in [0, 0.05) is 56.4 Å². The lowest BCUT2D eigenvalue weighted by atomic mass is 9.91. The first-order valence-corrected chi connectivity index (χ1v) is 15.8. The van der Waals surface area contributed by atoms with Gasteiger partial charge in [-0.2, -0.15) is 0 Å². The van der Waals surface area contributed by atoms with E-state index in [-0.39, 0.29) is 54.4 Å². The van der Waals surface area contributed by atoms with Gasteiger partial charge < -0.3 is 24.2 Å². The Hall–Kier alpha value is -3.57. The third-order valence-corrected chi connectivity index (χ3v) is 8.71. The summed E-state index contributed by atoms with van der Waals surface area (Å²) >= 11 is 0. The Labute approximate surface area is 265 Å². The lowest BCUT2D eigenvalue weighted by Crippen LogP contribution is -2.64. The van der Waals surface area contributed by atoms with Gasteiger partial charge in [-0.15, -0.1) is 0 Å². The van der Waals surface area contributed by atoms with E-state index in [2.05, 4.69) is 18.7 Å². The number of hydrogen-bond donors (Lipinski definition) is 0. The monoisotopic (exact) mass is 623 g/mol. The number of piperazine rings is 1. The van der Waals surface area contributed by atoms with Gasteiger partial charge in [-0.3, -0.25) is 19.5 Å². The maximum absolute atomic E-state index is 14.1. The van der Waals surface area contributed by atoms with Crippen LogP contribution in [0.4, 0.5) is 14.9 Å². The van der Waals surface area contributed by atoms with Crippen molar-refractivity contribution in [2.45, 2.75) is 84.1 Å². The van der Waals surface area contributed by atoms with Crippen LogP contribution in [-0.4, -0.2) is 107 Å². The second kappa shape index (κ2) is 12.7. The number of amides is 3. The molecule has 3 amide bonds. The molecular weight excluding hydrogens is 577 g/mol. The van der Waals surface area contributed by atoms with Gasteiger partial charge in [-0.05, 0) is 70.4 Å². The van der Waals surface area contributed by atoms with Crippen LogP contribution in [0.1, 0.15) is 65.3 Å². The standard InChI is InChI=1S/C34H46FN5O5/c1-22-15-37(27(17-38-16-23(2)44-20-30(38)42)18-39(22)32(43)45-33(3,4)5)19-29(41)40-21-34(6,7)31-28(40)13-25(14-36-31)12-24-8-10-26(35)11-9-24/h8-11,13-14,22-23,27H,12,15-21H2,1-7H3/t22-,23-,27+/m1/s1. The maximum atomic E-state index is 14.1. The predicted octanol–water partition coefficient (Wildman–Crippen LogP) is 3.99. The minimum atomic E-state index is -0.644. The van der Waals surface area contributed by atoms with E-state index in [0.29, 0.717) is 39.1 Å². The number of fused-ring (bicyclic) bond motifs is 1. The number of halogens is 1. The fourth-order valence-corrected chi connectivity index (χ4v) is 6.45. The van der Waals surface area contributed by atoms with E-state index < -0.39 is 11.7 Å². The number of morpholine rings is 1. The van der Waals surface area contributed by atoms with Crippen molar-refractivity contribution < 1.29 is 28.2 Å². The quantitative estimate of drug-likeness (QED) is 0.480. The molecule has 5 rings (SSSR count). The summed E-state index contributed by atoms with van der Waals surface area (Å²) < 4.78 is 24.7. The molecule has 10 nitrogen and oxygen atoms in total. The molecule has 11 heteroatoms. The molecule has 4 heterocycles. The highest BCUT2D eigenvalue weighted by Gasteiger charge is 2.43. The van der Waals surface area contributed by atoms with Gasteiger partial charge in [0.25, 0.3) is 0 Å². The Balaban J connectivity index is 1.37. The Morgan fingerprint density at radius 3 is 2.49 bits per heavy atom. The van der Waals surface area contributed by atoms with Crippen molar-refractivity contribution >= 4 is 23.6 Å². The van der Waals surface area contributed by atoms with Crippen molar-refractivity contribution in [2.75, 3.05) is 50.8 Å². The van der Waals surface area contributed by atoms with E-state index in [1.165, 1.54) is 12.1 Å². The largest absolute Gasteiger partial charge is 0.444 e. The third-order valence-electron chi connectivity index (χ3n) is 8.71. The highest BCUT2D eigenvalue weighted by molar-refractivity contribution is 5.97. The SMILES string of the molecule is C[C@@H]1CN(C[C@H]2CN(C(=O)OC(C)(C)C)[C@H](C)CN2CC(=O)N2CC(C)(C)c3ncc(Cc4ccc(F)cc4)cc32)C(=O)CO1. The lowest BCUT2D eigenvalue weighted by Gasteiger charge is -2.47. The molecule has 0 spiro atoms. The van der Waals surface area contributed by atoms with Crippen LogP contribution in [0.25, 0.3) is 0 Å². The average Bonchev–Trinajstić information content (AvgIpc) is 3.22. The summed E-state index contributed by atoms with van der Waals surface area (Å²) in [6.45, 7) is 15.8. The Morgan fingerprint density at radius 1 is 1.09 bits per heavy atom. The zero-order valence-electron chi connectivity index (χ0n) is 27.5. The van der Waals surface area contributed by atoms with Crippen molar-refractivity contribution in [3.8, 4) is 0 Å². The summed E-state index contributed by atoms with van der Waals surface area (Å²) in [5, 5.41) is 0. The van der Waals surface area contributed by atoms with Crippen LogP contribution in [0, 0.1) is 5.82 Å². The van der Waals surface area contributed by atoms with E-state index in [1.54, 1.807) is 21.9 Å². The average molecular weight is 624 g/mol. The summed E-state index contributed by atoms with van der Waals surface area (Å²) in [5.74, 6) is -0.444. The summed E-state index contributed by atoms with van der Waals surface area (Å²) in [6.07, 6.45) is 1.91. The molecule has 0 unspecified atom stereocenters. The third kappa shape index (κ3) is 7.64. The molecule has 244 valence electrons. The van der Waals surface area contributed by atoms with Gasteiger partial charge in [-0.1, -0.05) is 26.0 Å². The van der Waals surface area contributed by atoms with Crippen LogP contribution in [0.5, 0.6) is 0 Å². The maximum Gasteiger partial charge on any atom is 0.410 e. The van der Waals surface area contributed by atoms with E-state index in [4.69, 9.17) is 14.5 Å². The summed E-state index contributed by atoms with van der Waals surface area (Å²) in [5.41, 5.74) is 2.57. The molecule has 3 atom stereocenters. The van der Waals surface area contributed by atoms with Crippen molar-refractivity contribution in [1.29, 1.82) is 0 Å². The van der Waals surface area contributed by atoms with Crippen LogP contribution < -0.4 is 4.90 Å². The molecule has 2 saturated heterocycles. The van der Waals surface area contributed by atoms with Crippen molar-refractivity contribution in [1.82, 2.24) is 19.7 Å². The van der Waals surface area contributed by atoms with Gasteiger partial charge in [0.15, 0.2) is 0 Å². The second-order valence-electron chi connectivity index (χ2n) is 14.4. The number of benzene rings is 1. The number of carbonyl (C=O) groups is 3. The van der Waals surface area contributed by atoms with Crippen LogP contribution in [-0.2, 0) is 30.9 Å². The smallest absolute Gasteiger partial charge is 0.410 e. The van der Waals surface area contributed by atoms with Crippen LogP contribution >= 0.6 is 0 Å². The molecule has 0 saturated carbocycles. The van der Waals surface area contributed by atoms with Crippen LogP contribution in [0.2, 0.25) is 0 Å². The lowest BCUT2D eigenvalue weighted by molar-refractivity contribution is -0.149. The molecular formula is C34H46FN5O5. The van der Waals surface area contributed by atoms with Crippen LogP contribution in [0.3, 0.4) is 0 Å². The van der Waals surface area contributed by atoms with E-state index in [1.807, 2.05) is 51.8 Å². The summed E-state index contributed by atoms with van der Waals surface area (Å²) in [7, 11) is 0. The molecule has 1 aromatic carbocycles. The molecule has 0 bridgehead atoms. The predicted molar refractivity (Wildman–Crippen MR) is 169 cm³/mol. The first-order chi connectivity index (χ1) is 21.1. The Kier molecular flexibility index (Phi) is 9.24. The molecule has 2 aromatic rings. The van der Waals surface area contributed by atoms with Crippen molar-refractivity contribution in [3.05, 3.63) is 59.2 Å². The molecule has 0 N–H and O–H groups in total. The van der Waals surface area contributed by atoms with Gasteiger partial charge in [0.1, 0.15) is 18.0 Å². The minimum absolute atomic E-state index is 0.0197. The molecule has 2 fully saturated rings. The molecule has 3 aliphatic heterocycles. The van der Waals surface area contributed by atoms with E-state index in [0.717, 1.165) is 22.5 Å². The molecule has 3 aliphatic rings. The van der Waals surface area contributed by atoms with Gasteiger partial charge in [0.2, 0.25) is 11.8 Å². The van der Waals surface area contributed by atoms with E-state index in [9.17, 15) is 18.8 Å². The van der Waals surface area contributed by atoms with Crippen LogP contribution in [0.15, 0.2) is 36.5 Å². The number of pyridine rings is 1. The number of rotatable bonds is 6. The molecule has 0 radical (unpaired) electrons. The number of aromatic nitrogens is 1. The number of hydrogen-bond acceptors (Lipinski definition) is 7. The first kappa shape index (κ1) is 32.8. The fraction of sp³-hybridized carbons (Fsp3) is 0.588. The molecule has 1 aromatic heterocycles. The fourth-order valence-electron chi connectivity index (χ4n) is 6.45.